The van der Waals surface area contributed by atoms with Crippen LogP contribution >= 0.6 is 0 Å². The van der Waals surface area contributed by atoms with E-state index < -0.39 is 0 Å². The predicted molar refractivity (Wildman–Crippen MR) is 73.0 cm³/mol. The number of nitrogens with zero attached hydrogens (tertiary/aromatic N) is 4. The lowest BCUT2D eigenvalue weighted by Crippen LogP contribution is -2.10. The monoisotopic (exact) mass is 268 g/mol. The minimum atomic E-state index is -0.214. The number of carbonyl (C=O) groups is 1. The number of aromatic amines is 1. The average Bonchev–Trinajstić information content (AvgIpc) is 3.10. The molecule has 7 heteroatoms. The molecule has 0 saturated carbocycles. The molecule has 0 radical (unpaired) electrons. The van der Waals surface area contributed by atoms with Crippen LogP contribution in [0.2, 0.25) is 0 Å². The minimum absolute atomic E-state index is 0.214. The van der Waals surface area contributed by atoms with Crippen LogP contribution in [0.15, 0.2) is 43.0 Å². The zero-order chi connectivity index (χ0) is 13.9. The van der Waals surface area contributed by atoms with E-state index in [0.29, 0.717) is 11.3 Å². The fourth-order valence-corrected chi connectivity index (χ4v) is 1.86. The van der Waals surface area contributed by atoms with E-state index in [-0.39, 0.29) is 5.91 Å². The number of anilines is 1. The number of aryl methyl sites for hydroxylation is 1. The number of nitrogens with one attached hydrogen (secondary N) is 2. The van der Waals surface area contributed by atoms with Crippen LogP contribution in [0, 0.1) is 0 Å². The Morgan fingerprint density at radius 1 is 1.40 bits per heavy atom. The molecule has 0 atom stereocenters. The van der Waals surface area contributed by atoms with Crippen LogP contribution in [0.5, 0.6) is 0 Å². The molecule has 2 N–H and O–H groups in total. The summed E-state index contributed by atoms with van der Waals surface area (Å²) in [5, 5.41) is 17.0. The molecule has 2 heterocycles. The molecule has 0 aliphatic heterocycles. The molecule has 3 aromatic rings. The number of aromatic nitrogens is 5. The van der Waals surface area contributed by atoms with Gasteiger partial charge in [-0.2, -0.15) is 5.10 Å². The molecule has 0 aliphatic rings. The number of carbonyl (C=O) groups excluding carboxylic acids is 1. The summed E-state index contributed by atoms with van der Waals surface area (Å²) in [6, 6.07) is 7.44. The topological polar surface area (TPSA) is 88.5 Å². The van der Waals surface area contributed by atoms with Crippen molar-refractivity contribution in [2.24, 2.45) is 7.05 Å². The Morgan fingerprint density at radius 3 is 3.00 bits per heavy atom. The van der Waals surface area contributed by atoms with Crippen molar-refractivity contribution in [3.8, 4) is 11.4 Å². The van der Waals surface area contributed by atoms with Gasteiger partial charge in [0, 0.05) is 24.5 Å². The van der Waals surface area contributed by atoms with E-state index in [1.54, 1.807) is 12.5 Å². The summed E-state index contributed by atoms with van der Waals surface area (Å²) in [4.78, 5) is 11.9. The lowest BCUT2D eigenvalue weighted by molar-refractivity contribution is 0.102. The third-order valence-corrected chi connectivity index (χ3v) is 2.85. The highest BCUT2D eigenvalue weighted by Crippen LogP contribution is 2.20. The zero-order valence-electron chi connectivity index (χ0n) is 10.7. The summed E-state index contributed by atoms with van der Waals surface area (Å²) in [7, 11) is 1.87. The van der Waals surface area contributed by atoms with Crippen molar-refractivity contribution >= 4 is 11.6 Å². The molecule has 0 spiro atoms. The SMILES string of the molecule is Cn1cnnc1-c1cccc(NC(=O)c2cn[nH]c2)c1. The molecule has 7 nitrogen and oxygen atoms in total. The van der Waals surface area contributed by atoms with Gasteiger partial charge in [-0.05, 0) is 12.1 Å². The van der Waals surface area contributed by atoms with Crippen molar-refractivity contribution in [1.82, 2.24) is 25.0 Å². The molecule has 1 aromatic carbocycles. The van der Waals surface area contributed by atoms with Gasteiger partial charge in [0.2, 0.25) is 0 Å². The van der Waals surface area contributed by atoms with E-state index in [4.69, 9.17) is 0 Å². The first-order valence-electron chi connectivity index (χ1n) is 5.98. The lowest BCUT2D eigenvalue weighted by atomic mass is 10.2. The lowest BCUT2D eigenvalue weighted by Gasteiger charge is -2.06. The summed E-state index contributed by atoms with van der Waals surface area (Å²) in [5.41, 5.74) is 2.06. The van der Waals surface area contributed by atoms with Crippen LogP contribution in [0.3, 0.4) is 0 Å². The van der Waals surface area contributed by atoms with Gasteiger partial charge in [0.15, 0.2) is 5.82 Å². The Morgan fingerprint density at radius 2 is 2.30 bits per heavy atom. The van der Waals surface area contributed by atoms with Crippen molar-refractivity contribution in [1.29, 1.82) is 0 Å². The number of benzene rings is 1. The molecule has 0 bridgehead atoms. The fraction of sp³-hybridized carbons (Fsp3) is 0.0769. The molecule has 100 valence electrons. The third kappa shape index (κ3) is 2.28. The van der Waals surface area contributed by atoms with E-state index in [1.807, 2.05) is 35.9 Å². The van der Waals surface area contributed by atoms with Crippen LogP contribution in [-0.2, 0) is 7.05 Å². The predicted octanol–water partition coefficient (Wildman–Crippen LogP) is 1.46. The summed E-state index contributed by atoms with van der Waals surface area (Å²) >= 11 is 0. The van der Waals surface area contributed by atoms with Gasteiger partial charge in [0.05, 0.1) is 11.8 Å². The first kappa shape index (κ1) is 12.1. The third-order valence-electron chi connectivity index (χ3n) is 2.85. The average molecular weight is 268 g/mol. The molecule has 0 unspecified atom stereocenters. The van der Waals surface area contributed by atoms with E-state index in [9.17, 15) is 4.79 Å². The maximum atomic E-state index is 11.9. The number of amides is 1. The van der Waals surface area contributed by atoms with Crippen LogP contribution < -0.4 is 5.32 Å². The summed E-state index contributed by atoms with van der Waals surface area (Å²) < 4.78 is 1.82. The quantitative estimate of drug-likeness (QED) is 0.752. The van der Waals surface area contributed by atoms with Gasteiger partial charge >= 0.3 is 0 Å². The van der Waals surface area contributed by atoms with Crippen LogP contribution in [0.4, 0.5) is 5.69 Å². The van der Waals surface area contributed by atoms with Crippen molar-refractivity contribution < 1.29 is 4.79 Å². The van der Waals surface area contributed by atoms with Crippen LogP contribution in [0.1, 0.15) is 10.4 Å². The number of hydrogen-bond acceptors (Lipinski definition) is 4. The van der Waals surface area contributed by atoms with Gasteiger partial charge in [-0.3, -0.25) is 9.89 Å². The van der Waals surface area contributed by atoms with Crippen LogP contribution in [0.25, 0.3) is 11.4 Å². The Hall–Kier alpha value is -2.96. The second-order valence-corrected chi connectivity index (χ2v) is 4.29. The standard InChI is InChI=1S/C13H12N6O/c1-19-8-16-18-12(19)9-3-2-4-11(5-9)17-13(20)10-6-14-15-7-10/h2-8H,1H3,(H,14,15)(H,17,20). The highest BCUT2D eigenvalue weighted by Gasteiger charge is 2.09. The summed E-state index contributed by atoms with van der Waals surface area (Å²) in [6.07, 6.45) is 4.65. The van der Waals surface area contributed by atoms with Gasteiger partial charge in [-0.25, -0.2) is 0 Å². The van der Waals surface area contributed by atoms with Crippen molar-refractivity contribution in [3.05, 3.63) is 48.5 Å². The molecule has 20 heavy (non-hydrogen) atoms. The Balaban J connectivity index is 1.85. The van der Waals surface area contributed by atoms with Crippen molar-refractivity contribution in [3.63, 3.8) is 0 Å². The van der Waals surface area contributed by atoms with E-state index in [1.165, 1.54) is 6.20 Å². The normalized spacial score (nSPS) is 10.4. The maximum absolute atomic E-state index is 11.9. The largest absolute Gasteiger partial charge is 0.322 e. The molecule has 0 saturated heterocycles. The molecule has 1 amide bonds. The number of rotatable bonds is 3. The molecule has 0 aliphatic carbocycles. The van der Waals surface area contributed by atoms with Gasteiger partial charge < -0.3 is 9.88 Å². The van der Waals surface area contributed by atoms with Crippen molar-refractivity contribution in [2.45, 2.75) is 0 Å². The Bertz CT molecular complexity index is 731. The highest BCUT2D eigenvalue weighted by molar-refractivity contribution is 6.04. The first-order chi connectivity index (χ1) is 9.74. The van der Waals surface area contributed by atoms with Gasteiger partial charge in [0.1, 0.15) is 6.33 Å². The Kier molecular flexibility index (Phi) is 3.00. The van der Waals surface area contributed by atoms with E-state index in [2.05, 4.69) is 25.7 Å². The molecular formula is C13H12N6O. The second-order valence-electron chi connectivity index (χ2n) is 4.29. The molecule has 3 rings (SSSR count). The highest BCUT2D eigenvalue weighted by atomic mass is 16.1. The van der Waals surface area contributed by atoms with E-state index >= 15 is 0 Å². The smallest absolute Gasteiger partial charge is 0.258 e. The van der Waals surface area contributed by atoms with E-state index in [0.717, 1.165) is 11.4 Å². The fourth-order valence-electron chi connectivity index (χ4n) is 1.86. The molecule has 2 aromatic heterocycles. The summed E-state index contributed by atoms with van der Waals surface area (Å²) in [6.45, 7) is 0. The van der Waals surface area contributed by atoms with Gasteiger partial charge in [-0.1, -0.05) is 12.1 Å². The van der Waals surface area contributed by atoms with Gasteiger partial charge in [-0.15, -0.1) is 10.2 Å². The second kappa shape index (κ2) is 4.96. The van der Waals surface area contributed by atoms with Gasteiger partial charge in [0.25, 0.3) is 5.91 Å². The van der Waals surface area contributed by atoms with Crippen molar-refractivity contribution in [2.75, 3.05) is 5.32 Å². The maximum Gasteiger partial charge on any atom is 0.258 e. The molecular weight excluding hydrogens is 256 g/mol. The number of hydrogen-bond donors (Lipinski definition) is 2. The summed E-state index contributed by atoms with van der Waals surface area (Å²) in [5.74, 6) is 0.526. The van der Waals surface area contributed by atoms with Crippen LogP contribution in [-0.4, -0.2) is 30.9 Å². The number of H-pyrrole nitrogens is 1. The Labute approximate surface area is 114 Å². The zero-order valence-corrected chi connectivity index (χ0v) is 10.7. The molecule has 0 fully saturated rings. The minimum Gasteiger partial charge on any atom is -0.322 e. The first-order valence-corrected chi connectivity index (χ1v) is 5.98.